The fraction of sp³-hybridized carbons (Fsp3) is 0.208. The van der Waals surface area contributed by atoms with Crippen LogP contribution in [0.3, 0.4) is 0 Å². The molecule has 4 rings (SSSR count). The predicted octanol–water partition coefficient (Wildman–Crippen LogP) is 4.23. The molecule has 2 N–H and O–H groups in total. The Morgan fingerprint density at radius 3 is 2.57 bits per heavy atom. The number of anilines is 2. The molecule has 0 radical (unpaired) electrons. The van der Waals surface area contributed by atoms with Gasteiger partial charge < -0.3 is 10.6 Å². The molecule has 1 aliphatic heterocycles. The predicted molar refractivity (Wildman–Crippen MR) is 135 cm³/mol. The van der Waals surface area contributed by atoms with E-state index in [-0.39, 0.29) is 23.5 Å². The smallest absolute Gasteiger partial charge is 0.265 e. The molecule has 11 heteroatoms. The normalized spacial score (nSPS) is 15.4. The van der Waals surface area contributed by atoms with Gasteiger partial charge in [0.1, 0.15) is 11.2 Å². The lowest BCUT2D eigenvalue weighted by atomic mass is 10.1. The molecule has 0 fully saturated rings. The molecule has 1 unspecified atom stereocenters. The van der Waals surface area contributed by atoms with Crippen molar-refractivity contribution in [3.63, 3.8) is 0 Å². The minimum atomic E-state index is -4.24. The van der Waals surface area contributed by atoms with Crippen molar-refractivity contribution in [1.29, 1.82) is 0 Å². The molecule has 3 aromatic rings. The number of benzene rings is 2. The van der Waals surface area contributed by atoms with Gasteiger partial charge in [-0.05, 0) is 60.9 Å². The highest BCUT2D eigenvalue weighted by atomic mass is 35.5. The molecule has 35 heavy (non-hydrogen) atoms. The molecule has 2 amide bonds. The molecule has 182 valence electrons. The van der Waals surface area contributed by atoms with Crippen molar-refractivity contribution in [3.8, 4) is 0 Å². The summed E-state index contributed by atoms with van der Waals surface area (Å²) in [7, 11) is -4.24. The van der Waals surface area contributed by atoms with Gasteiger partial charge in [0.05, 0.1) is 22.7 Å². The number of carbonyl (C=O) groups is 2. The highest BCUT2D eigenvalue weighted by Crippen LogP contribution is 2.38. The largest absolute Gasteiger partial charge is 0.352 e. The molecule has 0 spiro atoms. The van der Waals surface area contributed by atoms with Gasteiger partial charge in [0, 0.05) is 17.8 Å². The molecule has 2 heterocycles. The number of aromatic nitrogens is 1. The van der Waals surface area contributed by atoms with E-state index in [2.05, 4.69) is 15.6 Å². The van der Waals surface area contributed by atoms with Crippen LogP contribution in [0.25, 0.3) is 0 Å². The number of carbonyl (C=O) groups excluding carboxylic acids is 2. The SMILES string of the molecule is Cc1cc(S(=O)(=O)N2c3ccccc3NC(=O)C2CC(=O)NCc2ccc(Cl)nc2)c(C)cc1Cl. The zero-order valence-corrected chi connectivity index (χ0v) is 21.2. The van der Waals surface area contributed by atoms with Gasteiger partial charge >= 0.3 is 0 Å². The van der Waals surface area contributed by atoms with Gasteiger partial charge in [-0.1, -0.05) is 41.4 Å². The van der Waals surface area contributed by atoms with Gasteiger partial charge in [0.2, 0.25) is 11.8 Å². The van der Waals surface area contributed by atoms with Crippen molar-refractivity contribution >= 4 is 56.4 Å². The van der Waals surface area contributed by atoms with E-state index in [1.807, 2.05) is 0 Å². The molecular formula is C24H22Cl2N4O4S. The monoisotopic (exact) mass is 532 g/mol. The molecular weight excluding hydrogens is 511 g/mol. The Kier molecular flexibility index (Phi) is 7.02. The Balaban J connectivity index is 1.69. The van der Waals surface area contributed by atoms with Crippen molar-refractivity contribution < 1.29 is 18.0 Å². The van der Waals surface area contributed by atoms with Gasteiger partial charge in [-0.2, -0.15) is 0 Å². The number of rotatable bonds is 6. The molecule has 1 aromatic heterocycles. The Labute approximate surface area is 213 Å². The number of amides is 2. The minimum absolute atomic E-state index is 0.0153. The maximum absolute atomic E-state index is 13.9. The Bertz CT molecular complexity index is 1410. The fourth-order valence-corrected chi connectivity index (χ4v) is 6.09. The van der Waals surface area contributed by atoms with Gasteiger partial charge in [-0.15, -0.1) is 0 Å². The van der Waals surface area contributed by atoms with E-state index >= 15 is 0 Å². The van der Waals surface area contributed by atoms with E-state index in [1.54, 1.807) is 56.3 Å². The summed E-state index contributed by atoms with van der Waals surface area (Å²) < 4.78 is 28.9. The zero-order chi connectivity index (χ0) is 25.3. The lowest BCUT2D eigenvalue weighted by molar-refractivity contribution is -0.125. The molecule has 0 aliphatic carbocycles. The molecule has 1 aliphatic rings. The van der Waals surface area contributed by atoms with Crippen LogP contribution >= 0.6 is 23.2 Å². The van der Waals surface area contributed by atoms with Crippen LogP contribution in [0.4, 0.5) is 11.4 Å². The number of para-hydroxylation sites is 2. The van der Waals surface area contributed by atoms with Crippen LogP contribution in [0.2, 0.25) is 10.2 Å². The number of nitrogens with zero attached hydrogens (tertiary/aromatic N) is 2. The number of halogens is 2. The summed E-state index contributed by atoms with van der Waals surface area (Å²) in [5, 5.41) is 6.18. The quantitative estimate of drug-likeness (QED) is 0.461. The van der Waals surface area contributed by atoms with E-state index < -0.39 is 27.9 Å². The van der Waals surface area contributed by atoms with E-state index in [0.29, 0.717) is 32.6 Å². The van der Waals surface area contributed by atoms with Crippen molar-refractivity contribution in [2.45, 2.75) is 37.8 Å². The third-order valence-corrected chi connectivity index (χ3v) is 8.23. The van der Waals surface area contributed by atoms with Gasteiger partial charge in [-0.25, -0.2) is 13.4 Å². The first kappa shape index (κ1) is 25.0. The summed E-state index contributed by atoms with van der Waals surface area (Å²) in [6.07, 6.45) is 1.14. The van der Waals surface area contributed by atoms with Crippen LogP contribution in [0.5, 0.6) is 0 Å². The third kappa shape index (κ3) is 5.12. The maximum atomic E-state index is 13.9. The van der Waals surface area contributed by atoms with E-state index in [0.717, 1.165) is 4.31 Å². The average molecular weight is 533 g/mol. The second kappa shape index (κ2) is 9.85. The number of hydrogen-bond acceptors (Lipinski definition) is 5. The zero-order valence-electron chi connectivity index (χ0n) is 18.9. The van der Waals surface area contributed by atoms with Gasteiger partial charge in [0.25, 0.3) is 10.0 Å². The summed E-state index contributed by atoms with van der Waals surface area (Å²) in [6, 6.07) is 11.6. The van der Waals surface area contributed by atoms with Crippen LogP contribution in [-0.4, -0.2) is 31.3 Å². The first-order valence-corrected chi connectivity index (χ1v) is 12.9. The Hall–Kier alpha value is -3.14. The van der Waals surface area contributed by atoms with Crippen molar-refractivity contribution in [1.82, 2.24) is 10.3 Å². The summed E-state index contributed by atoms with van der Waals surface area (Å²) >= 11 is 12.0. The summed E-state index contributed by atoms with van der Waals surface area (Å²) in [4.78, 5) is 29.8. The fourth-order valence-electron chi connectivity index (χ4n) is 3.83. The third-order valence-electron chi connectivity index (χ3n) is 5.64. The van der Waals surface area contributed by atoms with Crippen LogP contribution in [0.1, 0.15) is 23.1 Å². The van der Waals surface area contributed by atoms with Crippen molar-refractivity contribution in [2.75, 3.05) is 9.62 Å². The molecule has 0 saturated heterocycles. The van der Waals surface area contributed by atoms with E-state index in [9.17, 15) is 18.0 Å². The first-order chi connectivity index (χ1) is 16.6. The second-order valence-electron chi connectivity index (χ2n) is 8.16. The molecule has 0 saturated carbocycles. The van der Waals surface area contributed by atoms with E-state index in [1.165, 1.54) is 12.3 Å². The second-order valence-corrected chi connectivity index (χ2v) is 10.7. The van der Waals surface area contributed by atoms with Gasteiger partial charge in [0.15, 0.2) is 0 Å². The highest BCUT2D eigenvalue weighted by Gasteiger charge is 2.42. The molecule has 2 aromatic carbocycles. The van der Waals surface area contributed by atoms with Crippen molar-refractivity contribution in [2.24, 2.45) is 0 Å². The standard InChI is InChI=1S/C24H22Cl2N4O4S/c1-14-10-21(15(2)9-17(14)25)35(33,34)30-19-6-4-3-5-18(19)29-24(32)20(30)11-23(31)28-13-16-7-8-22(26)27-12-16/h3-10,12,20H,11,13H2,1-2H3,(H,28,31)(H,29,32). The minimum Gasteiger partial charge on any atom is -0.352 e. The van der Waals surface area contributed by atoms with Crippen LogP contribution in [-0.2, 0) is 26.2 Å². The number of fused-ring (bicyclic) bond motifs is 1. The number of hydrogen-bond donors (Lipinski definition) is 2. The van der Waals surface area contributed by atoms with E-state index in [4.69, 9.17) is 23.2 Å². The Morgan fingerprint density at radius 1 is 1.11 bits per heavy atom. The van der Waals surface area contributed by atoms with Crippen LogP contribution < -0.4 is 14.9 Å². The topological polar surface area (TPSA) is 108 Å². The highest BCUT2D eigenvalue weighted by molar-refractivity contribution is 7.93. The number of sulfonamides is 1. The van der Waals surface area contributed by atoms with Crippen LogP contribution in [0.15, 0.2) is 59.6 Å². The summed E-state index contributed by atoms with van der Waals surface area (Å²) in [6.45, 7) is 3.49. The number of nitrogens with one attached hydrogen (secondary N) is 2. The average Bonchev–Trinajstić information content (AvgIpc) is 2.81. The van der Waals surface area contributed by atoms with Crippen LogP contribution in [0, 0.1) is 13.8 Å². The van der Waals surface area contributed by atoms with Gasteiger partial charge in [-0.3, -0.25) is 13.9 Å². The number of aryl methyl sites for hydroxylation is 2. The summed E-state index contributed by atoms with van der Waals surface area (Å²) in [5.41, 5.74) is 2.34. The molecule has 0 bridgehead atoms. The van der Waals surface area contributed by atoms with Crippen molar-refractivity contribution in [3.05, 3.63) is 81.6 Å². The lowest BCUT2D eigenvalue weighted by Gasteiger charge is -2.37. The number of pyridine rings is 1. The maximum Gasteiger partial charge on any atom is 0.265 e. The summed E-state index contributed by atoms with van der Waals surface area (Å²) in [5.74, 6) is -1.09. The molecule has 8 nitrogen and oxygen atoms in total. The molecule has 1 atom stereocenters. The Morgan fingerprint density at radius 2 is 1.86 bits per heavy atom. The lowest BCUT2D eigenvalue weighted by Crippen LogP contribution is -2.52. The first-order valence-electron chi connectivity index (χ1n) is 10.7.